The highest BCUT2D eigenvalue weighted by atomic mass is 32.2. The van der Waals surface area contributed by atoms with Crippen LogP contribution in [0.25, 0.3) is 0 Å². The number of carboxylic acid groups (broad SMARTS) is 1. The van der Waals surface area contributed by atoms with E-state index in [1.54, 1.807) is 5.51 Å². The van der Waals surface area contributed by atoms with Gasteiger partial charge in [0, 0.05) is 16.9 Å². The van der Waals surface area contributed by atoms with Gasteiger partial charge < -0.3 is 31.2 Å². The number of aromatic hydroxyl groups is 2. The number of rotatable bonds is 12. The number of thioether (sulfide) groups is 2. The van der Waals surface area contributed by atoms with Gasteiger partial charge in [0.05, 0.1) is 6.21 Å². The van der Waals surface area contributed by atoms with Crippen LogP contribution in [0.2, 0.25) is 0 Å². The molecule has 1 fully saturated rings. The van der Waals surface area contributed by atoms with Gasteiger partial charge in [0.25, 0.3) is 17.7 Å². The zero-order valence-corrected chi connectivity index (χ0v) is 26.7. The van der Waals surface area contributed by atoms with E-state index in [-0.39, 0.29) is 33.7 Å². The number of phenolic OH excluding ortho intramolecular Hbond substituents is 2. The minimum absolute atomic E-state index is 0.0276. The predicted molar refractivity (Wildman–Crippen MR) is 169 cm³/mol. The SMILES string of the molecule is CC(ON=C(C(=O)NC1C(=O)N2C(C(=O)O)=C(CSc3nncs3)CS[C@H]12)c1csc(N)n1)C(=O)NN=Cc1ccc(O)c(O)c1. The number of benzene rings is 1. The first-order valence-electron chi connectivity index (χ1n) is 12.9. The third kappa shape index (κ3) is 7.22. The Labute approximate surface area is 275 Å². The first-order valence-corrected chi connectivity index (χ1v) is 16.7. The van der Waals surface area contributed by atoms with Crippen LogP contribution in [0, 0.1) is 0 Å². The van der Waals surface area contributed by atoms with E-state index in [4.69, 9.17) is 10.6 Å². The minimum Gasteiger partial charge on any atom is -0.504 e. The van der Waals surface area contributed by atoms with Crippen LogP contribution in [0.15, 0.2) is 55.0 Å². The zero-order chi connectivity index (χ0) is 33.0. The van der Waals surface area contributed by atoms with Gasteiger partial charge in [-0.1, -0.05) is 28.3 Å². The van der Waals surface area contributed by atoms with Gasteiger partial charge in [-0.3, -0.25) is 19.3 Å². The van der Waals surface area contributed by atoms with E-state index in [0.29, 0.717) is 27.0 Å². The average Bonchev–Trinajstić information content (AvgIpc) is 3.71. The minimum atomic E-state index is -1.26. The number of nitrogens with one attached hydrogen (secondary N) is 2. The molecule has 0 spiro atoms. The van der Waals surface area contributed by atoms with E-state index in [1.807, 2.05) is 0 Å². The third-order valence-electron chi connectivity index (χ3n) is 6.29. The molecular formula is C25H23N9O8S4. The number of phenols is 2. The first-order chi connectivity index (χ1) is 22.0. The third-order valence-corrected chi connectivity index (χ3v) is 10.2. The summed E-state index contributed by atoms with van der Waals surface area (Å²) in [4.78, 5) is 61.6. The number of hydrogen-bond donors (Lipinski definition) is 6. The molecule has 3 amide bonds. The highest BCUT2D eigenvalue weighted by Gasteiger charge is 2.54. The summed E-state index contributed by atoms with van der Waals surface area (Å²) in [7, 11) is 0. The lowest BCUT2D eigenvalue weighted by molar-refractivity contribution is -0.150. The zero-order valence-electron chi connectivity index (χ0n) is 23.4. The second-order valence-electron chi connectivity index (χ2n) is 9.35. The lowest BCUT2D eigenvalue weighted by Gasteiger charge is -2.49. The number of aromatic nitrogens is 3. The van der Waals surface area contributed by atoms with Crippen molar-refractivity contribution in [2.45, 2.75) is 28.8 Å². The monoisotopic (exact) mass is 705 g/mol. The molecule has 0 radical (unpaired) electrons. The second-order valence-corrected chi connectivity index (χ2v) is 13.4. The van der Waals surface area contributed by atoms with Crippen molar-refractivity contribution >= 4 is 86.9 Å². The number of carbonyl (C=O) groups is 4. The normalized spacial score (nSPS) is 18.6. The Balaban J connectivity index is 1.25. The van der Waals surface area contributed by atoms with E-state index >= 15 is 0 Å². The topological polar surface area (TPSA) is 255 Å². The van der Waals surface area contributed by atoms with Crippen LogP contribution in [-0.4, -0.2) is 100 Å². The summed E-state index contributed by atoms with van der Waals surface area (Å²) in [6.45, 7) is 1.35. The molecule has 1 saturated heterocycles. The summed E-state index contributed by atoms with van der Waals surface area (Å²) >= 11 is 4.96. The molecule has 3 atom stereocenters. The summed E-state index contributed by atoms with van der Waals surface area (Å²) < 4.78 is 0.663. The maximum atomic E-state index is 13.4. The molecule has 0 aliphatic carbocycles. The summed E-state index contributed by atoms with van der Waals surface area (Å²) in [5, 5.41) is 47.6. The van der Waals surface area contributed by atoms with Gasteiger partial charge in [0.2, 0.25) is 6.10 Å². The molecule has 240 valence electrons. The number of amides is 3. The Morgan fingerprint density at radius 2 is 2.09 bits per heavy atom. The molecule has 17 nitrogen and oxygen atoms in total. The van der Waals surface area contributed by atoms with Gasteiger partial charge in [0.1, 0.15) is 28.3 Å². The Morgan fingerprint density at radius 1 is 1.28 bits per heavy atom. The molecule has 4 heterocycles. The van der Waals surface area contributed by atoms with Crippen molar-refractivity contribution in [3.05, 3.63) is 51.6 Å². The van der Waals surface area contributed by atoms with Crippen LogP contribution in [0.1, 0.15) is 18.2 Å². The maximum Gasteiger partial charge on any atom is 0.352 e. The summed E-state index contributed by atoms with van der Waals surface area (Å²) in [5.74, 6) is -3.55. The molecule has 1 aromatic carbocycles. The predicted octanol–water partition coefficient (Wildman–Crippen LogP) is 0.778. The number of oxime groups is 1. The molecule has 2 aromatic heterocycles. The molecule has 21 heteroatoms. The van der Waals surface area contributed by atoms with Gasteiger partial charge in [-0.25, -0.2) is 15.2 Å². The van der Waals surface area contributed by atoms with Crippen LogP contribution in [-0.2, 0) is 24.0 Å². The number of carbonyl (C=O) groups excluding carboxylic acids is 3. The number of nitrogen functional groups attached to an aromatic ring is 1. The highest BCUT2D eigenvalue weighted by molar-refractivity contribution is 8.01. The van der Waals surface area contributed by atoms with Crippen molar-refractivity contribution in [1.29, 1.82) is 0 Å². The first kappa shape index (κ1) is 32.7. The number of carboxylic acids is 1. The summed E-state index contributed by atoms with van der Waals surface area (Å²) in [6.07, 6.45) is -0.0317. The Kier molecular flexibility index (Phi) is 10.0. The maximum absolute atomic E-state index is 13.4. The van der Waals surface area contributed by atoms with Crippen LogP contribution in [0.4, 0.5) is 5.13 Å². The number of nitrogens with two attached hydrogens (primary N) is 1. The van der Waals surface area contributed by atoms with Gasteiger partial charge >= 0.3 is 5.97 Å². The quantitative estimate of drug-likeness (QED) is 0.0501. The molecule has 46 heavy (non-hydrogen) atoms. The molecule has 2 unspecified atom stereocenters. The van der Waals surface area contributed by atoms with Crippen molar-refractivity contribution in [3.8, 4) is 11.5 Å². The lowest BCUT2D eigenvalue weighted by atomic mass is 10.0. The van der Waals surface area contributed by atoms with Crippen molar-refractivity contribution < 1.29 is 39.3 Å². The largest absolute Gasteiger partial charge is 0.504 e. The molecule has 0 saturated carbocycles. The van der Waals surface area contributed by atoms with Gasteiger partial charge in [0.15, 0.2) is 26.7 Å². The van der Waals surface area contributed by atoms with E-state index < -0.39 is 41.2 Å². The van der Waals surface area contributed by atoms with E-state index in [9.17, 15) is 34.5 Å². The average molecular weight is 706 g/mol. The summed E-state index contributed by atoms with van der Waals surface area (Å²) in [5.41, 5.74) is 9.98. The number of hydrazone groups is 1. The molecule has 2 aliphatic heterocycles. The standard InChI is InChI=1S/C25H23N9O8S4/c1-10(19(37)31-27-5-11-2-3-14(35)15(36)4-11)42-33-16(13-8-44-24(26)29-13)20(38)30-17-21(39)34-18(23(40)41)12(6-43-22(17)34)7-45-25-32-28-9-46-25/h2-5,8-10,17,22,35-36H,6-7H2,1H3,(H2,26,29)(H,30,38)(H,31,37)(H,40,41)/t10?,17?,22-/m1/s1. The number of aliphatic carboxylic acids is 1. The number of β-lactam (4-membered cyclic amide) rings is 1. The van der Waals surface area contributed by atoms with Crippen LogP contribution in [0.5, 0.6) is 11.5 Å². The smallest absolute Gasteiger partial charge is 0.352 e. The highest BCUT2D eigenvalue weighted by Crippen LogP contribution is 2.41. The molecule has 7 N–H and O–H groups in total. The number of fused-ring (bicyclic) bond motifs is 1. The fourth-order valence-corrected chi connectivity index (χ4v) is 7.56. The van der Waals surface area contributed by atoms with E-state index in [0.717, 1.165) is 16.2 Å². The fraction of sp³-hybridized carbons (Fsp3) is 0.240. The number of anilines is 1. The van der Waals surface area contributed by atoms with E-state index in [1.165, 1.54) is 71.6 Å². The van der Waals surface area contributed by atoms with Crippen molar-refractivity contribution in [1.82, 2.24) is 30.8 Å². The van der Waals surface area contributed by atoms with Gasteiger partial charge in [-0.15, -0.1) is 33.3 Å². The summed E-state index contributed by atoms with van der Waals surface area (Å²) in [6, 6.07) is 2.87. The fourth-order valence-electron chi connectivity index (χ4n) is 4.04. The number of hydrogen-bond acceptors (Lipinski definition) is 17. The second kappa shape index (κ2) is 14.1. The Hall–Kier alpha value is -4.73. The van der Waals surface area contributed by atoms with Crippen LogP contribution in [0.3, 0.4) is 0 Å². The molecule has 2 aliphatic rings. The molecule has 5 rings (SSSR count). The van der Waals surface area contributed by atoms with Crippen molar-refractivity contribution in [2.75, 3.05) is 17.2 Å². The van der Waals surface area contributed by atoms with Crippen LogP contribution < -0.4 is 16.5 Å². The van der Waals surface area contributed by atoms with Gasteiger partial charge in [-0.2, -0.15) is 5.10 Å². The molecule has 3 aromatic rings. The van der Waals surface area contributed by atoms with Crippen molar-refractivity contribution in [3.63, 3.8) is 0 Å². The van der Waals surface area contributed by atoms with E-state index in [2.05, 4.69) is 36.2 Å². The Morgan fingerprint density at radius 3 is 2.76 bits per heavy atom. The Bertz CT molecular complexity index is 1760. The molecule has 0 bridgehead atoms. The van der Waals surface area contributed by atoms with Gasteiger partial charge in [-0.05, 0) is 36.3 Å². The number of nitrogens with zero attached hydrogens (tertiary/aromatic N) is 6. The molecular weight excluding hydrogens is 683 g/mol. The van der Waals surface area contributed by atoms with Crippen molar-refractivity contribution in [2.24, 2.45) is 10.3 Å². The number of thiazole rings is 1. The van der Waals surface area contributed by atoms with Crippen LogP contribution >= 0.6 is 46.2 Å². The lowest BCUT2D eigenvalue weighted by Crippen LogP contribution is -2.71.